The molecule has 0 amide bonds. The number of ether oxygens (including phenoxy) is 5. The second-order valence-electron chi connectivity index (χ2n) is 8.80. The van der Waals surface area contributed by atoms with Crippen molar-refractivity contribution in [2.45, 2.75) is 63.0 Å². The number of carbonyl (C=O) groups excluding carboxylic acids is 1. The summed E-state index contributed by atoms with van der Waals surface area (Å²) in [6, 6.07) is 5.35. The van der Waals surface area contributed by atoms with Gasteiger partial charge in [-0.25, -0.2) is 0 Å². The molecule has 1 aromatic rings. The fourth-order valence-corrected chi connectivity index (χ4v) is 5.07. The van der Waals surface area contributed by atoms with E-state index in [1.54, 1.807) is 26.2 Å². The summed E-state index contributed by atoms with van der Waals surface area (Å²) in [6.45, 7) is 3.49. The Morgan fingerprint density at radius 2 is 2.09 bits per heavy atom. The molecule has 0 bridgehead atoms. The molecule has 174 valence electrons. The van der Waals surface area contributed by atoms with E-state index in [0.717, 1.165) is 28.5 Å². The van der Waals surface area contributed by atoms with Gasteiger partial charge in [-0.15, -0.1) is 0 Å². The van der Waals surface area contributed by atoms with E-state index in [-0.39, 0.29) is 11.7 Å². The van der Waals surface area contributed by atoms with Crippen LogP contribution < -0.4 is 0 Å². The van der Waals surface area contributed by atoms with Crippen LogP contribution in [0.4, 0.5) is 0 Å². The van der Waals surface area contributed by atoms with Crippen molar-refractivity contribution in [1.82, 2.24) is 0 Å². The minimum atomic E-state index is -1.12. The van der Waals surface area contributed by atoms with Crippen molar-refractivity contribution >= 4 is 21.7 Å². The third kappa shape index (κ3) is 4.34. The number of benzene rings is 1. The van der Waals surface area contributed by atoms with Gasteiger partial charge in [0.15, 0.2) is 24.0 Å². The van der Waals surface area contributed by atoms with E-state index in [1.807, 2.05) is 18.2 Å². The molecule has 8 heteroatoms. The molecule has 0 aromatic heterocycles. The molecule has 5 atom stereocenters. The first-order valence-electron chi connectivity index (χ1n) is 10.9. The molecule has 3 heterocycles. The molecule has 0 saturated carbocycles. The summed E-state index contributed by atoms with van der Waals surface area (Å²) in [5, 5.41) is 10.7. The van der Waals surface area contributed by atoms with Gasteiger partial charge >= 0.3 is 0 Å². The van der Waals surface area contributed by atoms with Crippen LogP contribution >= 0.6 is 15.9 Å². The van der Waals surface area contributed by atoms with Crippen LogP contribution in [0.3, 0.4) is 0 Å². The van der Waals surface area contributed by atoms with Gasteiger partial charge in [0.25, 0.3) is 0 Å². The van der Waals surface area contributed by atoms with Gasteiger partial charge < -0.3 is 28.8 Å². The van der Waals surface area contributed by atoms with E-state index in [9.17, 15) is 9.90 Å². The van der Waals surface area contributed by atoms with Crippen molar-refractivity contribution in [2.75, 3.05) is 0 Å². The molecular formula is C25H25BrO7. The lowest BCUT2D eigenvalue weighted by molar-refractivity contribution is -0.208. The van der Waals surface area contributed by atoms with Crippen molar-refractivity contribution in [3.8, 4) is 0 Å². The average molecular weight is 517 g/mol. The first-order chi connectivity index (χ1) is 15.8. The second-order valence-corrected chi connectivity index (χ2v) is 9.66. The zero-order valence-electron chi connectivity index (χ0n) is 18.3. The molecule has 1 unspecified atom stereocenters. The lowest BCUT2D eigenvalue weighted by atomic mass is 9.84. The number of ketones is 1. The third-order valence-electron chi connectivity index (χ3n) is 6.09. The number of rotatable bonds is 5. The van der Waals surface area contributed by atoms with Crippen molar-refractivity contribution in [1.29, 1.82) is 0 Å². The van der Waals surface area contributed by atoms with E-state index >= 15 is 0 Å². The highest BCUT2D eigenvalue weighted by molar-refractivity contribution is 9.10. The fraction of sp³-hybridized carbons (Fsp3) is 0.400. The number of aliphatic hydroxyl groups is 1. The first-order valence-corrected chi connectivity index (χ1v) is 11.7. The Morgan fingerprint density at radius 1 is 1.24 bits per heavy atom. The van der Waals surface area contributed by atoms with Gasteiger partial charge in [-0.3, -0.25) is 4.79 Å². The number of hydrogen-bond acceptors (Lipinski definition) is 7. The van der Waals surface area contributed by atoms with E-state index in [4.69, 9.17) is 23.7 Å². The van der Waals surface area contributed by atoms with Crippen molar-refractivity contribution in [3.63, 3.8) is 0 Å². The molecular weight excluding hydrogens is 492 g/mol. The number of Topliss-reactive ketones (excluding diaryl/α,β-unsaturated/α-hetero) is 1. The Bertz CT molecular complexity index is 1070. The molecule has 2 fully saturated rings. The minimum Gasteiger partial charge on any atom is -0.466 e. The highest BCUT2D eigenvalue weighted by Gasteiger charge is 2.56. The van der Waals surface area contributed by atoms with Crippen LogP contribution in [0.1, 0.15) is 48.5 Å². The molecule has 3 aliphatic heterocycles. The predicted octanol–water partition coefficient (Wildman–Crippen LogP) is 4.59. The van der Waals surface area contributed by atoms with Gasteiger partial charge in [-0.05, 0) is 44.4 Å². The summed E-state index contributed by atoms with van der Waals surface area (Å²) < 4.78 is 29.1. The van der Waals surface area contributed by atoms with Crippen LogP contribution in [-0.4, -0.2) is 41.3 Å². The van der Waals surface area contributed by atoms with Gasteiger partial charge in [0.2, 0.25) is 0 Å². The number of aliphatic hydroxyl groups excluding tert-OH is 1. The summed E-state index contributed by atoms with van der Waals surface area (Å²) in [6.07, 6.45) is 8.83. The number of fused-ring (bicyclic) bond motifs is 1. The number of halogens is 1. The van der Waals surface area contributed by atoms with Gasteiger partial charge in [0.1, 0.15) is 36.8 Å². The molecule has 4 aliphatic rings. The van der Waals surface area contributed by atoms with E-state index < -0.39 is 30.4 Å². The van der Waals surface area contributed by atoms with E-state index in [2.05, 4.69) is 28.1 Å². The molecule has 33 heavy (non-hydrogen) atoms. The highest BCUT2D eigenvalue weighted by Crippen LogP contribution is 2.42. The van der Waals surface area contributed by atoms with Crippen LogP contribution in [0.2, 0.25) is 0 Å². The largest absolute Gasteiger partial charge is 0.466 e. The van der Waals surface area contributed by atoms with Crippen molar-refractivity contribution in [3.05, 3.63) is 82.1 Å². The van der Waals surface area contributed by atoms with Crippen LogP contribution in [-0.2, 0) is 23.7 Å². The molecule has 1 aliphatic carbocycles. The highest BCUT2D eigenvalue weighted by atomic mass is 79.9. The third-order valence-corrected chi connectivity index (χ3v) is 6.81. The zero-order chi connectivity index (χ0) is 23.2. The predicted molar refractivity (Wildman–Crippen MR) is 122 cm³/mol. The second kappa shape index (κ2) is 8.85. The number of carbonyl (C=O) groups is 1. The summed E-state index contributed by atoms with van der Waals surface area (Å²) in [7, 11) is 0. The summed E-state index contributed by atoms with van der Waals surface area (Å²) in [5.74, 6) is -0.820. The van der Waals surface area contributed by atoms with Crippen molar-refractivity contribution in [2.24, 2.45) is 0 Å². The molecule has 2 saturated heterocycles. The van der Waals surface area contributed by atoms with Gasteiger partial charge in [0, 0.05) is 10.0 Å². The molecule has 5 rings (SSSR count). The smallest absolute Gasteiger partial charge is 0.194 e. The quantitative estimate of drug-likeness (QED) is 0.573. The lowest BCUT2D eigenvalue weighted by Gasteiger charge is -2.26. The van der Waals surface area contributed by atoms with Crippen LogP contribution in [0.15, 0.2) is 71.0 Å². The van der Waals surface area contributed by atoms with Crippen molar-refractivity contribution < 1.29 is 33.6 Å². The van der Waals surface area contributed by atoms with Crippen LogP contribution in [0.25, 0.3) is 0 Å². The maximum atomic E-state index is 13.4. The molecule has 0 spiro atoms. The van der Waals surface area contributed by atoms with E-state index in [0.29, 0.717) is 11.3 Å². The molecule has 0 radical (unpaired) electrons. The normalized spacial score (nSPS) is 30.7. The summed E-state index contributed by atoms with van der Waals surface area (Å²) in [5.41, 5.74) is 2.42. The maximum Gasteiger partial charge on any atom is 0.194 e. The average Bonchev–Trinajstić information content (AvgIpc) is 3.28. The van der Waals surface area contributed by atoms with Crippen LogP contribution in [0.5, 0.6) is 0 Å². The zero-order valence-corrected chi connectivity index (χ0v) is 19.9. The first kappa shape index (κ1) is 22.6. The fourth-order valence-electron chi connectivity index (χ4n) is 4.60. The standard InChI is InChI=1S/C25H25BrO7/c1-25(2)32-23-21(28)22(31-24(23)33-25)20(27)15-8-9-17(26)16(12-15)19(14-6-4-3-5-7-14)18-13-29-10-11-30-18/h3-4,6,8-13,19,21-24,28H,5,7H2,1-2H3/t19?,21-,22-,23-,24-/m0/s1. The van der Waals surface area contributed by atoms with Gasteiger partial charge in [-0.1, -0.05) is 45.8 Å². The Balaban J connectivity index is 1.46. The Kier molecular flexibility index (Phi) is 6.05. The number of allylic oxidation sites excluding steroid dienone is 4. The maximum absolute atomic E-state index is 13.4. The number of hydrogen-bond donors (Lipinski definition) is 1. The molecule has 1 N–H and O–H groups in total. The minimum absolute atomic E-state index is 0.247. The Labute approximate surface area is 200 Å². The summed E-state index contributed by atoms with van der Waals surface area (Å²) >= 11 is 3.64. The SMILES string of the molecule is CC1(C)O[C@@H]2O[C@@H](C(=O)c3ccc(Br)c(C(C4=CC=CCC4)C4=COC=CO4)c3)[C@H](O)[C@@H]2O1. The van der Waals surface area contributed by atoms with Crippen LogP contribution in [0, 0.1) is 0 Å². The molecule has 7 nitrogen and oxygen atoms in total. The summed E-state index contributed by atoms with van der Waals surface area (Å²) in [4.78, 5) is 13.4. The van der Waals surface area contributed by atoms with Gasteiger partial charge in [-0.2, -0.15) is 0 Å². The Morgan fingerprint density at radius 3 is 2.79 bits per heavy atom. The lowest BCUT2D eigenvalue weighted by Crippen LogP contribution is -2.38. The monoisotopic (exact) mass is 516 g/mol. The van der Waals surface area contributed by atoms with E-state index in [1.165, 1.54) is 12.5 Å². The Hall–Kier alpha value is -2.23. The topological polar surface area (TPSA) is 83.5 Å². The molecule has 1 aromatic carbocycles. The van der Waals surface area contributed by atoms with Gasteiger partial charge in [0.05, 0.1) is 5.92 Å².